The van der Waals surface area contributed by atoms with Gasteiger partial charge in [-0.25, -0.2) is 0 Å². The topological polar surface area (TPSA) is 78.9 Å². The van der Waals surface area contributed by atoms with Gasteiger partial charge in [-0.05, 0) is 77.0 Å². The van der Waals surface area contributed by atoms with E-state index in [-0.39, 0.29) is 31.1 Å². The quantitative estimate of drug-likeness (QED) is 0.0265. The molecule has 0 aromatic rings. The molecule has 0 amide bonds. The number of ether oxygens (including phenoxy) is 3. The summed E-state index contributed by atoms with van der Waals surface area (Å²) < 4.78 is 16.7. The van der Waals surface area contributed by atoms with Gasteiger partial charge in [-0.1, -0.05) is 191 Å². The van der Waals surface area contributed by atoms with Gasteiger partial charge in [0.15, 0.2) is 6.10 Å². The lowest BCUT2D eigenvalue weighted by Crippen LogP contribution is -2.30. The van der Waals surface area contributed by atoms with Crippen LogP contribution in [0.5, 0.6) is 0 Å². The molecular formula is C51H90O6. The summed E-state index contributed by atoms with van der Waals surface area (Å²) in [5.74, 6) is -0.904. The van der Waals surface area contributed by atoms with Crippen molar-refractivity contribution >= 4 is 17.9 Å². The van der Waals surface area contributed by atoms with Gasteiger partial charge in [0.2, 0.25) is 0 Å². The summed E-state index contributed by atoms with van der Waals surface area (Å²) in [6, 6.07) is 0. The average molecular weight is 799 g/mol. The minimum atomic E-state index is -0.777. The summed E-state index contributed by atoms with van der Waals surface area (Å²) in [5.41, 5.74) is 0. The van der Waals surface area contributed by atoms with Gasteiger partial charge in [-0.2, -0.15) is 0 Å². The highest BCUT2D eigenvalue weighted by molar-refractivity contribution is 5.71. The fraction of sp³-hybridized carbons (Fsp3) is 0.784. The molecule has 0 aliphatic heterocycles. The Kier molecular flexibility index (Phi) is 43.9. The van der Waals surface area contributed by atoms with Crippen LogP contribution in [0.15, 0.2) is 48.6 Å². The Balaban J connectivity index is 4.32. The Bertz CT molecular complexity index is 1010. The third-order valence-electron chi connectivity index (χ3n) is 10.3. The molecule has 0 fully saturated rings. The van der Waals surface area contributed by atoms with Crippen molar-refractivity contribution in [1.29, 1.82) is 0 Å². The zero-order valence-electron chi connectivity index (χ0n) is 37.6. The molecule has 0 rings (SSSR count). The van der Waals surface area contributed by atoms with E-state index in [2.05, 4.69) is 69.4 Å². The van der Waals surface area contributed by atoms with E-state index >= 15 is 0 Å². The number of carbonyl (C=O) groups excluding carboxylic acids is 3. The van der Waals surface area contributed by atoms with E-state index in [0.29, 0.717) is 19.3 Å². The van der Waals surface area contributed by atoms with Crippen LogP contribution in [-0.2, 0) is 28.6 Å². The molecule has 1 unspecified atom stereocenters. The molecule has 330 valence electrons. The van der Waals surface area contributed by atoms with Crippen molar-refractivity contribution in [2.45, 2.75) is 245 Å². The van der Waals surface area contributed by atoms with Crippen molar-refractivity contribution in [3.8, 4) is 0 Å². The zero-order chi connectivity index (χ0) is 41.5. The van der Waals surface area contributed by atoms with Crippen LogP contribution in [0.1, 0.15) is 239 Å². The molecule has 6 heteroatoms. The summed E-state index contributed by atoms with van der Waals surface area (Å²) in [7, 11) is 0. The highest BCUT2D eigenvalue weighted by Gasteiger charge is 2.19. The maximum absolute atomic E-state index is 12.7. The van der Waals surface area contributed by atoms with Gasteiger partial charge in [0.1, 0.15) is 13.2 Å². The third-order valence-corrected chi connectivity index (χ3v) is 10.3. The Morgan fingerprint density at radius 2 is 0.649 bits per heavy atom. The second-order valence-corrected chi connectivity index (χ2v) is 16.0. The minimum Gasteiger partial charge on any atom is -0.462 e. The lowest BCUT2D eigenvalue weighted by Gasteiger charge is -2.18. The smallest absolute Gasteiger partial charge is 0.306 e. The molecule has 0 spiro atoms. The second kappa shape index (κ2) is 46.1. The molecule has 57 heavy (non-hydrogen) atoms. The molecule has 0 saturated carbocycles. The molecule has 0 N–H and O–H groups in total. The van der Waals surface area contributed by atoms with Crippen molar-refractivity contribution < 1.29 is 28.6 Å². The number of allylic oxidation sites excluding steroid dienone is 8. The zero-order valence-corrected chi connectivity index (χ0v) is 37.6. The van der Waals surface area contributed by atoms with Crippen LogP contribution in [0.4, 0.5) is 0 Å². The van der Waals surface area contributed by atoms with Gasteiger partial charge in [0.05, 0.1) is 0 Å². The van der Waals surface area contributed by atoms with E-state index in [4.69, 9.17) is 14.2 Å². The Hall–Kier alpha value is -2.63. The van der Waals surface area contributed by atoms with E-state index in [1.54, 1.807) is 0 Å². The normalized spacial score (nSPS) is 12.4. The first-order valence-electron chi connectivity index (χ1n) is 24.1. The van der Waals surface area contributed by atoms with Crippen molar-refractivity contribution in [3.05, 3.63) is 48.6 Å². The van der Waals surface area contributed by atoms with Gasteiger partial charge in [0, 0.05) is 19.3 Å². The van der Waals surface area contributed by atoms with Crippen LogP contribution in [0, 0.1) is 0 Å². The van der Waals surface area contributed by atoms with Crippen molar-refractivity contribution in [2.75, 3.05) is 13.2 Å². The largest absolute Gasteiger partial charge is 0.462 e. The summed E-state index contributed by atoms with van der Waals surface area (Å²) in [6.45, 7) is 6.53. The Morgan fingerprint density at radius 3 is 1.09 bits per heavy atom. The van der Waals surface area contributed by atoms with Crippen LogP contribution in [0.2, 0.25) is 0 Å². The van der Waals surface area contributed by atoms with Crippen LogP contribution >= 0.6 is 0 Å². The number of hydrogen-bond donors (Lipinski definition) is 0. The highest BCUT2D eigenvalue weighted by Crippen LogP contribution is 2.14. The molecule has 0 aromatic carbocycles. The number of rotatable bonds is 43. The van der Waals surface area contributed by atoms with Gasteiger partial charge in [-0.3, -0.25) is 14.4 Å². The molecular weight excluding hydrogens is 709 g/mol. The van der Waals surface area contributed by atoms with E-state index in [9.17, 15) is 14.4 Å². The Labute approximate surface area is 352 Å². The molecule has 0 aliphatic rings. The summed E-state index contributed by atoms with van der Waals surface area (Å²) in [4.78, 5) is 37.7. The van der Waals surface area contributed by atoms with E-state index in [0.717, 1.165) is 89.9 Å². The Morgan fingerprint density at radius 1 is 0.351 bits per heavy atom. The number of carbonyl (C=O) groups is 3. The maximum Gasteiger partial charge on any atom is 0.306 e. The monoisotopic (exact) mass is 799 g/mol. The van der Waals surface area contributed by atoms with E-state index < -0.39 is 6.10 Å². The minimum absolute atomic E-state index is 0.0796. The number of hydrogen-bond acceptors (Lipinski definition) is 6. The maximum atomic E-state index is 12.7. The van der Waals surface area contributed by atoms with E-state index in [1.165, 1.54) is 109 Å². The van der Waals surface area contributed by atoms with E-state index in [1.807, 2.05) is 0 Å². The van der Waals surface area contributed by atoms with Crippen LogP contribution < -0.4 is 0 Å². The first kappa shape index (κ1) is 54.4. The molecule has 0 heterocycles. The molecule has 0 radical (unpaired) electrons. The molecule has 0 aliphatic carbocycles. The molecule has 1 atom stereocenters. The van der Waals surface area contributed by atoms with Crippen molar-refractivity contribution in [1.82, 2.24) is 0 Å². The van der Waals surface area contributed by atoms with Crippen LogP contribution in [0.3, 0.4) is 0 Å². The first-order chi connectivity index (χ1) is 28.0. The predicted molar refractivity (Wildman–Crippen MR) is 242 cm³/mol. The van der Waals surface area contributed by atoms with Crippen LogP contribution in [0.25, 0.3) is 0 Å². The molecule has 0 saturated heterocycles. The molecule has 0 bridgehead atoms. The van der Waals surface area contributed by atoms with Gasteiger partial charge in [0.25, 0.3) is 0 Å². The number of esters is 3. The standard InChI is InChI=1S/C51H90O6/c1-4-7-10-13-16-19-21-22-23-24-25-26-27-28-30-32-35-38-41-44-50(53)56-47-48(46-55-49(52)43-40-37-34-31-18-15-12-9-6-3)57-51(54)45-42-39-36-33-29-20-17-14-11-8-5-2/h14,16-17,19,22-23,25-26,48H,4-13,15,18,20-21,24,27-47H2,1-3H3/b17-14-,19-16-,23-22-,26-25-. The molecule has 6 nitrogen and oxygen atoms in total. The second-order valence-electron chi connectivity index (χ2n) is 16.0. The first-order valence-corrected chi connectivity index (χ1v) is 24.1. The summed E-state index contributed by atoms with van der Waals surface area (Å²) in [5, 5.41) is 0. The predicted octanol–water partition coefficient (Wildman–Crippen LogP) is 15.5. The average Bonchev–Trinajstić information content (AvgIpc) is 3.21. The molecule has 0 aromatic heterocycles. The fourth-order valence-corrected chi connectivity index (χ4v) is 6.61. The van der Waals surface area contributed by atoms with Gasteiger partial charge >= 0.3 is 17.9 Å². The SMILES string of the molecule is CCCC/C=C\CCCCCCCC(=O)OC(COC(=O)CCCCCCCC/C=C\C/C=C\C/C=C\CCCCC)COC(=O)CCCCCCCCCCC. The number of unbranched alkanes of at least 4 members (excludes halogenated alkanes) is 24. The summed E-state index contributed by atoms with van der Waals surface area (Å²) in [6.07, 6.45) is 53.8. The lowest BCUT2D eigenvalue weighted by atomic mass is 10.1. The van der Waals surface area contributed by atoms with Gasteiger partial charge in [-0.15, -0.1) is 0 Å². The lowest BCUT2D eigenvalue weighted by molar-refractivity contribution is -0.167. The highest BCUT2D eigenvalue weighted by atomic mass is 16.6. The summed E-state index contributed by atoms with van der Waals surface area (Å²) >= 11 is 0. The van der Waals surface area contributed by atoms with Crippen molar-refractivity contribution in [2.24, 2.45) is 0 Å². The fourth-order valence-electron chi connectivity index (χ4n) is 6.61. The third kappa shape index (κ3) is 44.3. The van der Waals surface area contributed by atoms with Crippen molar-refractivity contribution in [3.63, 3.8) is 0 Å². The van der Waals surface area contributed by atoms with Crippen LogP contribution in [-0.4, -0.2) is 37.2 Å². The van der Waals surface area contributed by atoms with Gasteiger partial charge < -0.3 is 14.2 Å².